The zero-order chi connectivity index (χ0) is 21.1. The number of thiocarbonyl (C=S) groups is 1. The standard InChI is InChI=1S/C17H8F6N4S/c1-25-14-5-4-11(7-13(14)17(21,22)23)27-15(28)26-10-3-2-9(8-24)12(6-10)16(18,19)20/h2-7H,(H2,26,27,28). The molecule has 2 aromatic carbocycles. The fourth-order valence-electron chi connectivity index (χ4n) is 2.19. The summed E-state index contributed by atoms with van der Waals surface area (Å²) in [6, 6.07) is 7.00. The molecule has 0 amide bonds. The molecule has 28 heavy (non-hydrogen) atoms. The minimum atomic E-state index is -4.77. The van der Waals surface area contributed by atoms with Gasteiger partial charge in [0.05, 0.1) is 29.3 Å². The fraction of sp³-hybridized carbons (Fsp3) is 0.118. The van der Waals surface area contributed by atoms with Gasteiger partial charge in [0.15, 0.2) is 10.8 Å². The molecule has 0 saturated heterocycles. The topological polar surface area (TPSA) is 52.2 Å². The number of nitrogens with zero attached hydrogens (tertiary/aromatic N) is 2. The third kappa shape index (κ3) is 4.90. The number of anilines is 2. The second kappa shape index (κ2) is 7.74. The third-order valence-electron chi connectivity index (χ3n) is 3.38. The van der Waals surface area contributed by atoms with E-state index in [9.17, 15) is 26.3 Å². The second-order valence-electron chi connectivity index (χ2n) is 5.29. The molecule has 0 spiro atoms. The maximum atomic E-state index is 13.0. The molecule has 2 rings (SSSR count). The van der Waals surface area contributed by atoms with Crippen LogP contribution in [0.3, 0.4) is 0 Å². The molecule has 0 aliphatic rings. The molecular weight excluding hydrogens is 406 g/mol. The van der Waals surface area contributed by atoms with Gasteiger partial charge in [-0.3, -0.25) is 0 Å². The highest BCUT2D eigenvalue weighted by molar-refractivity contribution is 7.80. The van der Waals surface area contributed by atoms with E-state index < -0.39 is 34.7 Å². The van der Waals surface area contributed by atoms with Gasteiger partial charge in [0.2, 0.25) is 0 Å². The molecule has 2 N–H and O–H groups in total. The van der Waals surface area contributed by atoms with E-state index in [1.807, 2.05) is 0 Å². The molecule has 0 aromatic heterocycles. The first kappa shape index (κ1) is 21.0. The van der Waals surface area contributed by atoms with Gasteiger partial charge in [0.1, 0.15) is 0 Å². The predicted octanol–water partition coefficient (Wildman–Crippen LogP) is 5.96. The number of benzene rings is 2. The van der Waals surface area contributed by atoms with Crippen LogP contribution in [-0.2, 0) is 12.4 Å². The van der Waals surface area contributed by atoms with Crippen LogP contribution in [0.2, 0.25) is 0 Å². The molecule has 0 unspecified atom stereocenters. The molecule has 0 radical (unpaired) electrons. The van der Waals surface area contributed by atoms with Gasteiger partial charge in [-0.15, -0.1) is 0 Å². The summed E-state index contributed by atoms with van der Waals surface area (Å²) >= 11 is 4.90. The number of alkyl halides is 6. The van der Waals surface area contributed by atoms with Gasteiger partial charge in [0, 0.05) is 11.4 Å². The number of nitriles is 1. The first-order valence-corrected chi connectivity index (χ1v) is 7.64. The molecule has 11 heteroatoms. The van der Waals surface area contributed by atoms with Gasteiger partial charge in [-0.2, -0.15) is 31.6 Å². The number of hydrogen-bond acceptors (Lipinski definition) is 2. The largest absolute Gasteiger partial charge is 0.417 e. The summed E-state index contributed by atoms with van der Waals surface area (Å²) in [6.45, 7) is 6.78. The Hall–Kier alpha value is -3.31. The van der Waals surface area contributed by atoms with Crippen molar-refractivity contribution in [1.82, 2.24) is 0 Å². The quantitative estimate of drug-likeness (QED) is 0.362. The van der Waals surface area contributed by atoms with E-state index in [0.29, 0.717) is 12.1 Å². The average molecular weight is 414 g/mol. The molecule has 0 aliphatic heterocycles. The lowest BCUT2D eigenvalue weighted by Crippen LogP contribution is -2.20. The van der Waals surface area contributed by atoms with Crippen LogP contribution in [0.15, 0.2) is 36.4 Å². The zero-order valence-electron chi connectivity index (χ0n) is 13.5. The Morgan fingerprint density at radius 1 is 0.929 bits per heavy atom. The second-order valence-corrected chi connectivity index (χ2v) is 5.70. The van der Waals surface area contributed by atoms with Crippen LogP contribution in [0, 0.1) is 17.9 Å². The summed E-state index contributed by atoms with van der Waals surface area (Å²) < 4.78 is 77.8. The smallest absolute Gasteiger partial charge is 0.333 e. The molecule has 4 nitrogen and oxygen atoms in total. The molecule has 0 aliphatic carbocycles. The van der Waals surface area contributed by atoms with Crippen LogP contribution in [0.4, 0.5) is 43.4 Å². The summed E-state index contributed by atoms with van der Waals surface area (Å²) in [5, 5.41) is 13.3. The van der Waals surface area contributed by atoms with E-state index in [1.54, 1.807) is 0 Å². The van der Waals surface area contributed by atoms with Crippen molar-refractivity contribution >= 4 is 34.4 Å². The first-order chi connectivity index (χ1) is 13.0. The van der Waals surface area contributed by atoms with Crippen LogP contribution < -0.4 is 10.6 Å². The lowest BCUT2D eigenvalue weighted by atomic mass is 10.1. The minimum Gasteiger partial charge on any atom is -0.333 e. The molecule has 144 valence electrons. The van der Waals surface area contributed by atoms with Gasteiger partial charge >= 0.3 is 12.4 Å². The van der Waals surface area contributed by atoms with Gasteiger partial charge in [-0.05, 0) is 42.5 Å². The summed E-state index contributed by atoms with van der Waals surface area (Å²) in [5.74, 6) is 0. The molecule has 0 saturated carbocycles. The molecule has 2 aromatic rings. The van der Waals surface area contributed by atoms with Crippen molar-refractivity contribution in [2.75, 3.05) is 10.6 Å². The summed E-state index contributed by atoms with van der Waals surface area (Å²) in [6.07, 6.45) is -9.53. The van der Waals surface area contributed by atoms with Crippen LogP contribution in [0.25, 0.3) is 4.85 Å². The van der Waals surface area contributed by atoms with E-state index in [4.69, 9.17) is 24.1 Å². The van der Waals surface area contributed by atoms with Crippen molar-refractivity contribution < 1.29 is 26.3 Å². The van der Waals surface area contributed by atoms with Crippen LogP contribution in [-0.4, -0.2) is 5.11 Å². The van der Waals surface area contributed by atoms with Gasteiger partial charge in [-0.1, -0.05) is 6.07 Å². The zero-order valence-corrected chi connectivity index (χ0v) is 14.4. The van der Waals surface area contributed by atoms with Gasteiger partial charge < -0.3 is 10.6 Å². The Labute approximate surface area is 160 Å². The Balaban J connectivity index is 2.24. The van der Waals surface area contributed by atoms with E-state index in [2.05, 4.69) is 15.5 Å². The van der Waals surface area contributed by atoms with Crippen molar-refractivity contribution in [3.8, 4) is 6.07 Å². The Bertz CT molecular complexity index is 919. The van der Waals surface area contributed by atoms with E-state index in [-0.39, 0.29) is 16.5 Å². The van der Waals surface area contributed by atoms with Crippen molar-refractivity contribution in [3.63, 3.8) is 0 Å². The normalized spacial score (nSPS) is 11.3. The van der Waals surface area contributed by atoms with E-state index in [1.165, 1.54) is 18.2 Å². The number of nitrogens with one attached hydrogen (secondary N) is 2. The molecule has 0 heterocycles. The third-order valence-corrected chi connectivity index (χ3v) is 3.59. The molecule has 0 bridgehead atoms. The lowest BCUT2D eigenvalue weighted by Gasteiger charge is -2.15. The minimum absolute atomic E-state index is 0.109. The Morgan fingerprint density at radius 2 is 1.43 bits per heavy atom. The highest BCUT2D eigenvalue weighted by Crippen LogP contribution is 2.38. The monoisotopic (exact) mass is 414 g/mol. The number of hydrogen-bond donors (Lipinski definition) is 2. The van der Waals surface area contributed by atoms with Crippen LogP contribution in [0.5, 0.6) is 0 Å². The van der Waals surface area contributed by atoms with Crippen LogP contribution >= 0.6 is 12.2 Å². The van der Waals surface area contributed by atoms with Gasteiger partial charge in [0.25, 0.3) is 0 Å². The average Bonchev–Trinajstić information content (AvgIpc) is 2.60. The van der Waals surface area contributed by atoms with E-state index in [0.717, 1.165) is 12.1 Å². The molecular formula is C17H8F6N4S. The van der Waals surface area contributed by atoms with Crippen molar-refractivity contribution in [1.29, 1.82) is 5.26 Å². The number of halogens is 6. The predicted molar refractivity (Wildman–Crippen MR) is 93.7 cm³/mol. The fourth-order valence-corrected chi connectivity index (χ4v) is 2.42. The summed E-state index contributed by atoms with van der Waals surface area (Å²) in [7, 11) is 0. The van der Waals surface area contributed by atoms with Crippen molar-refractivity contribution in [3.05, 3.63) is 64.5 Å². The van der Waals surface area contributed by atoms with Gasteiger partial charge in [-0.25, -0.2) is 4.85 Å². The van der Waals surface area contributed by atoms with E-state index >= 15 is 0 Å². The van der Waals surface area contributed by atoms with Crippen molar-refractivity contribution in [2.24, 2.45) is 0 Å². The van der Waals surface area contributed by atoms with Crippen molar-refractivity contribution in [2.45, 2.75) is 12.4 Å². The highest BCUT2D eigenvalue weighted by atomic mass is 32.1. The molecule has 0 fully saturated rings. The maximum Gasteiger partial charge on any atom is 0.417 e. The SMILES string of the molecule is [C-]#[N+]c1ccc(NC(=S)Nc2ccc(C#N)c(C(F)(F)F)c2)cc1C(F)(F)F. The lowest BCUT2D eigenvalue weighted by molar-refractivity contribution is -0.138. The summed E-state index contributed by atoms with van der Waals surface area (Å²) in [4.78, 5) is 2.79. The molecule has 0 atom stereocenters. The Morgan fingerprint density at radius 3 is 1.89 bits per heavy atom. The Kier molecular flexibility index (Phi) is 5.81. The number of rotatable bonds is 2. The maximum absolute atomic E-state index is 13.0. The summed E-state index contributed by atoms with van der Waals surface area (Å²) in [5.41, 5.74) is -3.75. The highest BCUT2D eigenvalue weighted by Gasteiger charge is 2.34. The first-order valence-electron chi connectivity index (χ1n) is 7.23. The van der Waals surface area contributed by atoms with Crippen LogP contribution in [0.1, 0.15) is 16.7 Å².